The first-order valence-corrected chi connectivity index (χ1v) is 31.2. The fourth-order valence-corrected chi connectivity index (χ4v) is 11.0. The molecule has 0 radical (unpaired) electrons. The van der Waals surface area contributed by atoms with Crippen molar-refractivity contribution < 1.29 is 137 Å². The van der Waals surface area contributed by atoms with Gasteiger partial charge in [0, 0.05) is 40.7 Å². The molecular weight excluding hydrogens is 1300 g/mol. The summed E-state index contributed by atoms with van der Waals surface area (Å²) in [6.07, 6.45) is -26.1. The lowest BCUT2D eigenvalue weighted by Crippen LogP contribution is -2.68. The lowest BCUT2D eigenvalue weighted by molar-refractivity contribution is -0.308. The van der Waals surface area contributed by atoms with Crippen molar-refractivity contribution >= 4 is 76.9 Å². The van der Waals surface area contributed by atoms with Gasteiger partial charge in [-0.25, -0.2) is 0 Å². The molecule has 0 bridgehead atoms. The molecule has 0 aromatic heterocycles. The second kappa shape index (κ2) is 38.1. The normalized spacial score (nSPS) is 29.3. The summed E-state index contributed by atoms with van der Waals surface area (Å²) in [5, 5.41) is 119. The summed E-state index contributed by atoms with van der Waals surface area (Å²) in [5.41, 5.74) is 5.18. The SMILES string of the molecule is CC(=O)N[C@H]1[C@@H](OC[C@H]2O[C@H](O[C@H](C)[C@H](NC(=O)[C@H](C)NC(=O)[C@H](CC(C)C)NC(=O)[C@H](CCC(=O)O)NC(C)=O)C(=O)N[C@H](C(=O)NCC(=O)N3CCC[C@H]3C(=O)NCC(N)=O)[C@@H](C)O[C@H]3O[C@H](CO)[C@H](O)[C@H](O)[C@H]3NC(C)=O)[C@H](NC(C)=O)[C@@H](O)[C@H]2O)O[C@H](CO)[C@H](O)[C@@H]1O. The minimum Gasteiger partial charge on any atom is -0.481 e. The van der Waals surface area contributed by atoms with Crippen LogP contribution in [0.2, 0.25) is 0 Å². The fraction of sp³-hybridized carbons (Fsp3) is 0.772. The fourth-order valence-electron chi connectivity index (χ4n) is 11.0. The lowest BCUT2D eigenvalue weighted by Gasteiger charge is -2.45. The number of rotatable bonds is 34. The van der Waals surface area contributed by atoms with E-state index in [4.69, 9.17) is 34.2 Å². The van der Waals surface area contributed by atoms with Crippen LogP contribution in [0.5, 0.6) is 0 Å². The zero-order chi connectivity index (χ0) is 73.0. The molecule has 23 atom stereocenters. The maximum Gasteiger partial charge on any atom is 0.303 e. The number of carboxylic acid groups (broad SMARTS) is 1. The first-order valence-electron chi connectivity index (χ1n) is 31.2. The van der Waals surface area contributed by atoms with Crippen molar-refractivity contribution in [3.63, 3.8) is 0 Å². The Labute approximate surface area is 556 Å². The molecule has 4 saturated heterocycles. The predicted molar refractivity (Wildman–Crippen MR) is 323 cm³/mol. The average Bonchev–Trinajstić information content (AvgIpc) is 1.57. The molecule has 40 heteroatoms. The third-order valence-electron chi connectivity index (χ3n) is 16.0. The van der Waals surface area contributed by atoms with Crippen molar-refractivity contribution in [2.45, 2.75) is 235 Å². The maximum absolute atomic E-state index is 15.3. The van der Waals surface area contributed by atoms with E-state index in [1.807, 2.05) is 0 Å². The summed E-state index contributed by atoms with van der Waals surface area (Å²) in [5.74, 6) is -13.2. The molecule has 12 amide bonds. The van der Waals surface area contributed by atoms with E-state index >= 15 is 4.79 Å². The van der Waals surface area contributed by atoms with Crippen LogP contribution < -0.4 is 58.9 Å². The summed E-state index contributed by atoms with van der Waals surface area (Å²) in [7, 11) is 0. The number of nitrogens with one attached hydrogen (secondary N) is 10. The molecular formula is C57H94N12O28. The molecule has 0 aromatic rings. The standard InChI is InChI=1S/C57H94N12O28/c1-21(2)15-30(66-50(87)29(62-25(6)72)12-13-37(78)79)51(88)61-22(3)49(86)67-39(24(5)94-57-42(65-28(9)75)48(85)45(82)34(97-57)20-92-55-40(63-26(7)73)46(83)43(80)32(18-70)95-55)54(91)68-38(23(4)93-56-41(64-27(8)74)47(84)44(81)33(19-71)96-56)53(90)60-17-36(77)69-14-10-11-31(69)52(89)59-16-35(58)76/h21-24,29-34,38-48,55-57,70-71,80-85H,10-20H2,1-9H3,(H2,58,76)(H,59,89)(H,60,90)(H,61,88)(H,62,72)(H,63,73)(H,64,74)(H,65,75)(H,66,87)(H,67,86)(H,68,91)(H,78,79)/t22-,23+,24+,29-,30-,31-,32+,33+,34+,38-,39-,40+,41+,42+,43-,44-,45-,46+,47+,48+,55-,56-,57-/m0/s1. The van der Waals surface area contributed by atoms with Crippen LogP contribution >= 0.6 is 0 Å². The number of aliphatic hydroxyl groups excluding tert-OH is 8. The summed E-state index contributed by atoms with van der Waals surface area (Å²) < 4.78 is 35.6. The van der Waals surface area contributed by atoms with E-state index in [9.17, 15) is 103 Å². The number of amides is 12. The first kappa shape index (κ1) is 82.0. The molecule has 4 heterocycles. The van der Waals surface area contributed by atoms with Crippen molar-refractivity contribution in [2.75, 3.05) is 39.5 Å². The van der Waals surface area contributed by atoms with Gasteiger partial charge in [0.1, 0.15) is 109 Å². The van der Waals surface area contributed by atoms with E-state index in [1.165, 1.54) is 0 Å². The number of carbonyl (C=O) groups excluding carboxylic acids is 12. The Hall–Kier alpha value is -7.45. The van der Waals surface area contributed by atoms with E-state index in [0.717, 1.165) is 53.4 Å². The summed E-state index contributed by atoms with van der Waals surface area (Å²) in [6.45, 7) is 6.76. The molecule has 40 nitrogen and oxygen atoms in total. The molecule has 550 valence electrons. The third-order valence-corrected chi connectivity index (χ3v) is 16.0. The van der Waals surface area contributed by atoms with E-state index in [1.54, 1.807) is 13.8 Å². The Balaban J connectivity index is 1.82. The minimum atomic E-state index is -2.19. The molecule has 4 rings (SSSR count). The van der Waals surface area contributed by atoms with Gasteiger partial charge in [0.15, 0.2) is 18.9 Å². The Morgan fingerprint density at radius 3 is 1.47 bits per heavy atom. The van der Waals surface area contributed by atoms with Crippen LogP contribution in [0.15, 0.2) is 0 Å². The molecule has 0 unspecified atom stereocenters. The van der Waals surface area contributed by atoms with Gasteiger partial charge in [-0.2, -0.15) is 0 Å². The lowest BCUT2D eigenvalue weighted by atomic mass is 9.96. The topological polar surface area (TPSA) is 609 Å². The first-order chi connectivity index (χ1) is 45.4. The second-order valence-electron chi connectivity index (χ2n) is 24.4. The van der Waals surface area contributed by atoms with Gasteiger partial charge in [-0.05, 0) is 52.4 Å². The smallest absolute Gasteiger partial charge is 0.303 e. The number of nitrogens with zero attached hydrogens (tertiary/aromatic N) is 1. The highest BCUT2D eigenvalue weighted by molar-refractivity contribution is 5.97. The van der Waals surface area contributed by atoms with E-state index in [-0.39, 0.29) is 25.3 Å². The van der Waals surface area contributed by atoms with Crippen molar-refractivity contribution in [3.05, 3.63) is 0 Å². The molecule has 4 fully saturated rings. The zero-order valence-corrected chi connectivity index (χ0v) is 54.9. The number of aliphatic hydroxyl groups is 8. The third kappa shape index (κ3) is 23.9. The largest absolute Gasteiger partial charge is 0.481 e. The van der Waals surface area contributed by atoms with Gasteiger partial charge in [0.05, 0.1) is 45.1 Å². The zero-order valence-electron chi connectivity index (χ0n) is 54.9. The monoisotopic (exact) mass is 1390 g/mol. The van der Waals surface area contributed by atoms with Gasteiger partial charge in [-0.1, -0.05) is 13.8 Å². The summed E-state index contributed by atoms with van der Waals surface area (Å²) in [6, 6.07) is -15.0. The number of likely N-dealkylation sites (tertiary alicyclic amines) is 1. The highest BCUT2D eigenvalue weighted by atomic mass is 16.7. The number of carbonyl (C=O) groups is 13. The Morgan fingerprint density at radius 2 is 1.00 bits per heavy atom. The number of primary amides is 1. The van der Waals surface area contributed by atoms with Gasteiger partial charge in [-0.15, -0.1) is 0 Å². The Bertz CT molecular complexity index is 2770. The molecule has 0 saturated carbocycles. The van der Waals surface area contributed by atoms with Crippen LogP contribution in [0.4, 0.5) is 0 Å². The molecule has 21 N–H and O–H groups in total. The highest BCUT2D eigenvalue weighted by Crippen LogP contribution is 2.29. The molecule has 0 aromatic carbocycles. The maximum atomic E-state index is 15.3. The summed E-state index contributed by atoms with van der Waals surface area (Å²) >= 11 is 0. The minimum absolute atomic E-state index is 0.00289. The van der Waals surface area contributed by atoms with Gasteiger partial charge < -0.3 is 138 Å². The number of hydrogen-bond donors (Lipinski definition) is 20. The quantitative estimate of drug-likeness (QED) is 0.0284. The number of nitrogens with two attached hydrogens (primary N) is 1. The molecule has 4 aliphatic heterocycles. The van der Waals surface area contributed by atoms with Gasteiger partial charge in [0.25, 0.3) is 0 Å². The van der Waals surface area contributed by atoms with E-state index in [2.05, 4.69) is 53.2 Å². The van der Waals surface area contributed by atoms with E-state index < -0.39 is 263 Å². The Kier molecular flexibility index (Phi) is 32.2. The van der Waals surface area contributed by atoms with Gasteiger partial charge in [0.2, 0.25) is 70.9 Å². The number of hydrogen-bond acceptors (Lipinski definition) is 27. The van der Waals surface area contributed by atoms with Gasteiger partial charge >= 0.3 is 5.97 Å². The second-order valence-corrected chi connectivity index (χ2v) is 24.4. The number of ether oxygens (including phenoxy) is 6. The highest BCUT2D eigenvalue weighted by Gasteiger charge is 2.51. The van der Waals surface area contributed by atoms with Gasteiger partial charge in [-0.3, -0.25) is 62.3 Å². The predicted octanol–water partition coefficient (Wildman–Crippen LogP) is -11.3. The van der Waals surface area contributed by atoms with Crippen molar-refractivity contribution in [1.29, 1.82) is 0 Å². The van der Waals surface area contributed by atoms with Crippen LogP contribution in [-0.2, 0) is 90.8 Å². The van der Waals surface area contributed by atoms with Crippen LogP contribution in [0.25, 0.3) is 0 Å². The van der Waals surface area contributed by atoms with Crippen molar-refractivity contribution in [2.24, 2.45) is 11.7 Å². The van der Waals surface area contributed by atoms with Crippen molar-refractivity contribution in [3.8, 4) is 0 Å². The van der Waals surface area contributed by atoms with Crippen molar-refractivity contribution in [1.82, 2.24) is 58.1 Å². The average molecular weight is 1400 g/mol. The molecule has 0 aliphatic carbocycles. The van der Waals surface area contributed by atoms with E-state index in [0.29, 0.717) is 6.42 Å². The summed E-state index contributed by atoms with van der Waals surface area (Å²) in [4.78, 5) is 172. The molecule has 97 heavy (non-hydrogen) atoms. The van der Waals surface area contributed by atoms with Crippen LogP contribution in [0.1, 0.15) is 94.4 Å². The number of aliphatic carboxylic acids is 1. The number of carboxylic acids is 1. The molecule has 4 aliphatic rings. The van der Waals surface area contributed by atoms with Crippen LogP contribution in [0.3, 0.4) is 0 Å². The molecule has 0 spiro atoms. The van der Waals surface area contributed by atoms with Crippen LogP contribution in [0, 0.1) is 5.92 Å². The Morgan fingerprint density at radius 1 is 0.536 bits per heavy atom. The van der Waals surface area contributed by atoms with Crippen LogP contribution in [-0.4, -0.2) is 308 Å².